The van der Waals surface area contributed by atoms with Gasteiger partial charge in [0.15, 0.2) is 0 Å². The third-order valence-electron chi connectivity index (χ3n) is 6.31. The van der Waals surface area contributed by atoms with E-state index in [0.29, 0.717) is 23.3 Å². The molecule has 5 rings (SSSR count). The molecule has 1 amide bonds. The number of para-hydroxylation sites is 1. The average molecular weight is 437 g/mol. The third kappa shape index (κ3) is 4.10. The van der Waals surface area contributed by atoms with Crippen LogP contribution < -0.4 is 4.90 Å². The minimum atomic E-state index is 0.0668. The van der Waals surface area contributed by atoms with Gasteiger partial charge in [0.2, 0.25) is 17.6 Å². The van der Waals surface area contributed by atoms with Crippen molar-refractivity contribution in [2.75, 3.05) is 18.0 Å². The Bertz CT molecular complexity index is 1070. The number of hydrogen-bond donors (Lipinski definition) is 0. The van der Waals surface area contributed by atoms with E-state index in [4.69, 9.17) is 16.1 Å². The summed E-state index contributed by atoms with van der Waals surface area (Å²) in [5.41, 5.74) is 3.24. The second-order valence-electron chi connectivity index (χ2n) is 8.46. The Hall–Kier alpha value is -2.70. The van der Waals surface area contributed by atoms with Crippen LogP contribution in [0.2, 0.25) is 5.02 Å². The van der Waals surface area contributed by atoms with E-state index in [1.54, 1.807) is 0 Å². The summed E-state index contributed by atoms with van der Waals surface area (Å²) in [6, 6.07) is 15.9. The maximum Gasteiger partial charge on any atom is 0.241 e. The lowest BCUT2D eigenvalue weighted by atomic mass is 9.95. The molecule has 1 fully saturated rings. The fraction of sp³-hybridized carbons (Fsp3) is 0.375. The number of nitrogens with zero attached hydrogens (tertiary/aromatic N) is 4. The first-order valence-corrected chi connectivity index (χ1v) is 11.2. The van der Waals surface area contributed by atoms with Crippen molar-refractivity contribution in [3.05, 3.63) is 65.0 Å². The molecule has 3 aromatic rings. The second-order valence-corrected chi connectivity index (χ2v) is 8.90. The fourth-order valence-electron chi connectivity index (χ4n) is 4.66. The molecule has 6 nitrogen and oxygen atoms in total. The Morgan fingerprint density at radius 2 is 1.87 bits per heavy atom. The molecule has 160 valence electrons. The predicted molar refractivity (Wildman–Crippen MR) is 120 cm³/mol. The Morgan fingerprint density at radius 1 is 1.13 bits per heavy atom. The van der Waals surface area contributed by atoms with E-state index in [1.165, 1.54) is 5.56 Å². The molecule has 0 spiro atoms. The van der Waals surface area contributed by atoms with Crippen molar-refractivity contribution in [1.82, 2.24) is 15.0 Å². The minimum Gasteiger partial charge on any atom is -0.338 e. The largest absolute Gasteiger partial charge is 0.338 e. The molecule has 0 saturated carbocycles. The number of hydrogen-bond acceptors (Lipinski definition) is 5. The van der Waals surface area contributed by atoms with E-state index in [2.05, 4.69) is 34.1 Å². The highest BCUT2D eigenvalue weighted by Crippen LogP contribution is 2.34. The van der Waals surface area contributed by atoms with Crippen molar-refractivity contribution in [1.29, 1.82) is 0 Å². The summed E-state index contributed by atoms with van der Waals surface area (Å²) in [5.74, 6) is 1.49. The second kappa shape index (κ2) is 8.44. The number of aromatic nitrogens is 2. The molecule has 1 unspecified atom stereocenters. The lowest BCUT2D eigenvalue weighted by Gasteiger charge is -2.34. The molecular weight excluding hydrogens is 412 g/mol. The number of carbonyl (C=O) groups excluding carboxylic acids is 1. The summed E-state index contributed by atoms with van der Waals surface area (Å²) in [4.78, 5) is 22.1. The van der Waals surface area contributed by atoms with Gasteiger partial charge in [0.25, 0.3) is 0 Å². The van der Waals surface area contributed by atoms with Gasteiger partial charge in [-0.3, -0.25) is 9.69 Å². The summed E-state index contributed by atoms with van der Waals surface area (Å²) in [6.07, 6.45) is 2.64. The average Bonchev–Trinajstić information content (AvgIpc) is 3.38. The SMILES string of the molecule is CC1Cc2ccccc2N1C(=O)C1CCN(Cc2nc(-c3ccc(Cl)cc3)no2)CC1. The molecule has 2 aliphatic rings. The molecule has 7 heteroatoms. The number of carbonyl (C=O) groups is 1. The van der Waals surface area contributed by atoms with E-state index >= 15 is 0 Å². The normalized spacial score (nSPS) is 19.5. The monoisotopic (exact) mass is 436 g/mol. The van der Waals surface area contributed by atoms with Crippen LogP contribution in [0.1, 0.15) is 31.2 Å². The first-order chi connectivity index (χ1) is 15.1. The maximum absolute atomic E-state index is 13.3. The van der Waals surface area contributed by atoms with Crippen molar-refractivity contribution in [2.45, 2.75) is 38.8 Å². The number of likely N-dealkylation sites (tertiary alicyclic amines) is 1. The standard InChI is InChI=1S/C24H25ClN4O2/c1-16-14-19-4-2-3-5-21(19)29(16)24(30)18-10-12-28(13-11-18)15-22-26-23(27-31-22)17-6-8-20(25)9-7-17/h2-9,16,18H,10-15H2,1H3. The summed E-state index contributed by atoms with van der Waals surface area (Å²) in [7, 11) is 0. The number of halogens is 1. The van der Waals surface area contributed by atoms with Crippen LogP contribution in [-0.4, -0.2) is 40.1 Å². The number of amides is 1. The zero-order valence-corrected chi connectivity index (χ0v) is 18.3. The highest BCUT2D eigenvalue weighted by molar-refractivity contribution is 6.30. The Labute approximate surface area is 186 Å². The first-order valence-electron chi connectivity index (χ1n) is 10.8. The quantitative estimate of drug-likeness (QED) is 0.599. The van der Waals surface area contributed by atoms with Gasteiger partial charge in [-0.2, -0.15) is 4.98 Å². The summed E-state index contributed by atoms with van der Waals surface area (Å²) >= 11 is 5.94. The van der Waals surface area contributed by atoms with Crippen LogP contribution in [0.5, 0.6) is 0 Å². The van der Waals surface area contributed by atoms with Crippen LogP contribution in [-0.2, 0) is 17.8 Å². The van der Waals surface area contributed by atoms with Crippen molar-refractivity contribution in [3.8, 4) is 11.4 Å². The molecule has 31 heavy (non-hydrogen) atoms. The third-order valence-corrected chi connectivity index (χ3v) is 6.56. The molecule has 3 heterocycles. The van der Waals surface area contributed by atoms with E-state index in [9.17, 15) is 4.79 Å². The molecular formula is C24H25ClN4O2. The van der Waals surface area contributed by atoms with Crippen molar-refractivity contribution in [2.24, 2.45) is 5.92 Å². The van der Waals surface area contributed by atoms with Crippen molar-refractivity contribution < 1.29 is 9.32 Å². The van der Waals surface area contributed by atoms with Crippen LogP contribution in [0.15, 0.2) is 53.1 Å². The molecule has 1 atom stereocenters. The number of anilines is 1. The molecule has 0 N–H and O–H groups in total. The highest BCUT2D eigenvalue weighted by Gasteiger charge is 2.36. The molecule has 1 aromatic heterocycles. The number of piperidine rings is 1. The zero-order valence-electron chi connectivity index (χ0n) is 17.5. The number of fused-ring (bicyclic) bond motifs is 1. The topological polar surface area (TPSA) is 62.5 Å². The Balaban J connectivity index is 1.19. The lowest BCUT2D eigenvalue weighted by Crippen LogP contribution is -2.44. The van der Waals surface area contributed by atoms with E-state index in [-0.39, 0.29) is 17.9 Å². The molecule has 0 aliphatic carbocycles. The van der Waals surface area contributed by atoms with Crippen LogP contribution in [0.4, 0.5) is 5.69 Å². The molecule has 0 bridgehead atoms. The summed E-state index contributed by atoms with van der Waals surface area (Å²) in [6.45, 7) is 4.43. The van der Waals surface area contributed by atoms with Gasteiger partial charge >= 0.3 is 0 Å². The number of rotatable bonds is 4. The van der Waals surface area contributed by atoms with E-state index in [0.717, 1.165) is 43.6 Å². The van der Waals surface area contributed by atoms with Crippen LogP contribution in [0.25, 0.3) is 11.4 Å². The van der Waals surface area contributed by atoms with Crippen LogP contribution >= 0.6 is 11.6 Å². The van der Waals surface area contributed by atoms with Crippen LogP contribution in [0.3, 0.4) is 0 Å². The van der Waals surface area contributed by atoms with E-state index < -0.39 is 0 Å². The van der Waals surface area contributed by atoms with Gasteiger partial charge < -0.3 is 9.42 Å². The zero-order chi connectivity index (χ0) is 21.4. The van der Waals surface area contributed by atoms with Gasteiger partial charge in [0, 0.05) is 28.2 Å². The van der Waals surface area contributed by atoms with Gasteiger partial charge in [0.05, 0.1) is 6.54 Å². The highest BCUT2D eigenvalue weighted by atomic mass is 35.5. The Kier molecular flexibility index (Phi) is 5.50. The van der Waals surface area contributed by atoms with Crippen LogP contribution in [0, 0.1) is 5.92 Å². The Morgan fingerprint density at radius 3 is 2.65 bits per heavy atom. The van der Waals surface area contributed by atoms with Crippen molar-refractivity contribution >= 4 is 23.2 Å². The summed E-state index contributed by atoms with van der Waals surface area (Å²) in [5, 5.41) is 4.77. The van der Waals surface area contributed by atoms with Gasteiger partial charge in [0.1, 0.15) is 0 Å². The van der Waals surface area contributed by atoms with E-state index in [1.807, 2.05) is 41.3 Å². The molecule has 2 aromatic carbocycles. The summed E-state index contributed by atoms with van der Waals surface area (Å²) < 4.78 is 5.45. The minimum absolute atomic E-state index is 0.0668. The molecule has 2 aliphatic heterocycles. The maximum atomic E-state index is 13.3. The smallest absolute Gasteiger partial charge is 0.241 e. The fourth-order valence-corrected chi connectivity index (χ4v) is 4.79. The van der Waals surface area contributed by atoms with Crippen molar-refractivity contribution in [3.63, 3.8) is 0 Å². The molecule has 1 saturated heterocycles. The van der Waals surface area contributed by atoms with Gasteiger partial charge in [-0.25, -0.2) is 0 Å². The van der Waals surface area contributed by atoms with Gasteiger partial charge in [-0.05, 0) is 75.2 Å². The first kappa shape index (κ1) is 20.2. The van der Waals surface area contributed by atoms with Gasteiger partial charge in [-0.1, -0.05) is 35.0 Å². The number of benzene rings is 2. The lowest BCUT2D eigenvalue weighted by molar-refractivity contribution is -0.124. The van der Waals surface area contributed by atoms with Gasteiger partial charge in [-0.15, -0.1) is 0 Å². The molecule has 0 radical (unpaired) electrons. The predicted octanol–water partition coefficient (Wildman–Crippen LogP) is 4.58.